The molecule has 6 nitrogen and oxygen atoms in total. The molecule has 1 rings (SSSR count). The van der Waals surface area contributed by atoms with E-state index in [0.29, 0.717) is 6.54 Å². The van der Waals surface area contributed by atoms with Crippen LogP contribution in [-0.4, -0.2) is 28.5 Å². The SMILES string of the molecule is CSCCCNc1ncc(C#N)cc1[N+](=O)[O-]. The minimum absolute atomic E-state index is 0.159. The Labute approximate surface area is 103 Å². The average molecular weight is 252 g/mol. The summed E-state index contributed by atoms with van der Waals surface area (Å²) >= 11 is 1.72. The first kappa shape index (κ1) is 13.3. The fourth-order valence-electron chi connectivity index (χ4n) is 1.21. The van der Waals surface area contributed by atoms with E-state index in [2.05, 4.69) is 10.3 Å². The molecule has 0 amide bonds. The number of nitrogens with one attached hydrogen (secondary N) is 1. The molecule has 0 aromatic carbocycles. The average Bonchev–Trinajstić information content (AvgIpc) is 2.34. The van der Waals surface area contributed by atoms with E-state index in [-0.39, 0.29) is 17.1 Å². The number of hydrogen-bond donors (Lipinski definition) is 1. The van der Waals surface area contributed by atoms with Crippen LogP contribution in [0.1, 0.15) is 12.0 Å². The number of aromatic nitrogens is 1. The summed E-state index contributed by atoms with van der Waals surface area (Å²) in [6.45, 7) is 0.626. The van der Waals surface area contributed by atoms with Gasteiger partial charge >= 0.3 is 5.69 Å². The van der Waals surface area contributed by atoms with Crippen molar-refractivity contribution in [3.8, 4) is 6.07 Å². The smallest absolute Gasteiger partial charge is 0.312 e. The molecule has 90 valence electrons. The number of thioether (sulfide) groups is 1. The van der Waals surface area contributed by atoms with Crippen LogP contribution in [0.4, 0.5) is 11.5 Å². The summed E-state index contributed by atoms with van der Waals surface area (Å²) in [5, 5.41) is 22.3. The minimum atomic E-state index is -0.537. The van der Waals surface area contributed by atoms with Crippen molar-refractivity contribution in [3.63, 3.8) is 0 Å². The molecule has 0 fully saturated rings. The number of nitriles is 1. The Morgan fingerprint density at radius 1 is 1.71 bits per heavy atom. The fourth-order valence-corrected chi connectivity index (χ4v) is 1.65. The van der Waals surface area contributed by atoms with E-state index >= 15 is 0 Å². The maximum atomic E-state index is 10.8. The molecule has 0 aliphatic heterocycles. The number of anilines is 1. The van der Waals surface area contributed by atoms with Gasteiger partial charge in [0.1, 0.15) is 6.07 Å². The van der Waals surface area contributed by atoms with Gasteiger partial charge in [0, 0.05) is 18.8 Å². The molecule has 0 spiro atoms. The first-order valence-corrected chi connectivity index (χ1v) is 6.35. The van der Waals surface area contributed by atoms with Gasteiger partial charge in [0.15, 0.2) is 0 Å². The lowest BCUT2D eigenvalue weighted by atomic mass is 10.2. The first-order valence-electron chi connectivity index (χ1n) is 4.96. The molecule has 1 aromatic heterocycles. The zero-order chi connectivity index (χ0) is 12.7. The van der Waals surface area contributed by atoms with Crippen LogP contribution < -0.4 is 5.32 Å². The fraction of sp³-hybridized carbons (Fsp3) is 0.400. The first-order chi connectivity index (χ1) is 8.19. The number of rotatable bonds is 6. The van der Waals surface area contributed by atoms with Crippen LogP contribution >= 0.6 is 11.8 Å². The van der Waals surface area contributed by atoms with E-state index in [1.807, 2.05) is 12.3 Å². The molecule has 0 aliphatic carbocycles. The topological polar surface area (TPSA) is 91.8 Å². The van der Waals surface area contributed by atoms with E-state index in [0.717, 1.165) is 12.2 Å². The van der Waals surface area contributed by atoms with E-state index in [4.69, 9.17) is 5.26 Å². The number of nitro groups is 1. The highest BCUT2D eigenvalue weighted by Gasteiger charge is 2.15. The lowest BCUT2D eigenvalue weighted by molar-refractivity contribution is -0.384. The predicted molar refractivity (Wildman–Crippen MR) is 67.1 cm³/mol. The van der Waals surface area contributed by atoms with Crippen molar-refractivity contribution in [1.82, 2.24) is 4.98 Å². The molecular formula is C10H12N4O2S. The standard InChI is InChI=1S/C10H12N4O2S/c1-17-4-2-3-12-10-9(14(15)16)5-8(6-11)7-13-10/h5,7H,2-4H2,1H3,(H,12,13). The van der Waals surface area contributed by atoms with Gasteiger partial charge in [0.05, 0.1) is 10.5 Å². The largest absolute Gasteiger partial charge is 0.364 e. The highest BCUT2D eigenvalue weighted by Crippen LogP contribution is 2.22. The molecule has 7 heteroatoms. The van der Waals surface area contributed by atoms with Crippen LogP contribution in [0.2, 0.25) is 0 Å². The molecule has 17 heavy (non-hydrogen) atoms. The quantitative estimate of drug-likeness (QED) is 0.473. The summed E-state index contributed by atoms with van der Waals surface area (Å²) in [5.41, 5.74) is 0.0274. The number of pyridine rings is 1. The van der Waals surface area contributed by atoms with Gasteiger partial charge in [-0.05, 0) is 18.4 Å². The van der Waals surface area contributed by atoms with Crippen molar-refractivity contribution in [2.75, 3.05) is 23.9 Å². The molecule has 0 saturated heterocycles. The van der Waals surface area contributed by atoms with Gasteiger partial charge in [-0.25, -0.2) is 4.98 Å². The summed E-state index contributed by atoms with van der Waals surface area (Å²) in [6.07, 6.45) is 4.23. The lowest BCUT2D eigenvalue weighted by Crippen LogP contribution is -2.07. The highest BCUT2D eigenvalue weighted by atomic mass is 32.2. The van der Waals surface area contributed by atoms with Crippen molar-refractivity contribution < 1.29 is 4.92 Å². The Morgan fingerprint density at radius 3 is 3.06 bits per heavy atom. The van der Waals surface area contributed by atoms with Gasteiger partial charge in [-0.15, -0.1) is 0 Å². The zero-order valence-corrected chi connectivity index (χ0v) is 10.2. The van der Waals surface area contributed by atoms with Crippen LogP contribution in [0.25, 0.3) is 0 Å². The summed E-state index contributed by atoms with van der Waals surface area (Å²) in [4.78, 5) is 14.1. The third-order valence-electron chi connectivity index (χ3n) is 2.01. The van der Waals surface area contributed by atoms with Gasteiger partial charge in [0.2, 0.25) is 5.82 Å². The van der Waals surface area contributed by atoms with Crippen LogP contribution in [0.3, 0.4) is 0 Å². The van der Waals surface area contributed by atoms with Crippen LogP contribution in [0.5, 0.6) is 0 Å². The monoisotopic (exact) mass is 252 g/mol. The van der Waals surface area contributed by atoms with Gasteiger partial charge in [-0.2, -0.15) is 17.0 Å². The molecule has 1 aromatic rings. The molecule has 0 unspecified atom stereocenters. The van der Waals surface area contributed by atoms with E-state index in [1.54, 1.807) is 11.8 Å². The predicted octanol–water partition coefficient (Wildman–Crippen LogP) is 2.03. The molecule has 1 heterocycles. The van der Waals surface area contributed by atoms with Crippen molar-refractivity contribution >= 4 is 23.3 Å². The second-order valence-electron chi connectivity index (χ2n) is 3.23. The Bertz CT molecular complexity index is 444. The second-order valence-corrected chi connectivity index (χ2v) is 4.22. The zero-order valence-electron chi connectivity index (χ0n) is 9.34. The summed E-state index contributed by atoms with van der Waals surface area (Å²) in [7, 11) is 0. The van der Waals surface area contributed by atoms with Crippen LogP contribution in [-0.2, 0) is 0 Å². The lowest BCUT2D eigenvalue weighted by Gasteiger charge is -2.05. The molecule has 0 saturated carbocycles. The maximum Gasteiger partial charge on any atom is 0.312 e. The molecule has 0 radical (unpaired) electrons. The maximum absolute atomic E-state index is 10.8. The second kappa shape index (κ2) is 6.70. The van der Waals surface area contributed by atoms with Crippen LogP contribution in [0.15, 0.2) is 12.3 Å². The van der Waals surface area contributed by atoms with Crippen molar-refractivity contribution in [2.45, 2.75) is 6.42 Å². The Balaban J connectivity index is 2.77. The Morgan fingerprint density at radius 2 is 2.47 bits per heavy atom. The minimum Gasteiger partial charge on any atom is -0.364 e. The normalized spacial score (nSPS) is 9.65. The third-order valence-corrected chi connectivity index (χ3v) is 2.71. The number of nitrogens with zero attached hydrogens (tertiary/aromatic N) is 3. The molecule has 0 aliphatic rings. The molecule has 1 N–H and O–H groups in total. The highest BCUT2D eigenvalue weighted by molar-refractivity contribution is 7.98. The van der Waals surface area contributed by atoms with Gasteiger partial charge in [-0.3, -0.25) is 10.1 Å². The summed E-state index contributed by atoms with van der Waals surface area (Å²) < 4.78 is 0. The summed E-state index contributed by atoms with van der Waals surface area (Å²) in [6, 6.07) is 3.05. The molecule has 0 atom stereocenters. The van der Waals surface area contributed by atoms with Crippen LogP contribution in [0, 0.1) is 21.4 Å². The van der Waals surface area contributed by atoms with Crippen molar-refractivity contribution in [1.29, 1.82) is 5.26 Å². The van der Waals surface area contributed by atoms with Gasteiger partial charge in [0.25, 0.3) is 0 Å². The van der Waals surface area contributed by atoms with E-state index in [1.165, 1.54) is 12.3 Å². The molecule has 0 bridgehead atoms. The van der Waals surface area contributed by atoms with Gasteiger partial charge in [-0.1, -0.05) is 0 Å². The molecular weight excluding hydrogens is 240 g/mol. The van der Waals surface area contributed by atoms with Crippen molar-refractivity contribution in [2.24, 2.45) is 0 Å². The Kier molecular flexibility index (Phi) is 5.23. The number of hydrogen-bond acceptors (Lipinski definition) is 6. The Hall–Kier alpha value is -1.81. The van der Waals surface area contributed by atoms with E-state index < -0.39 is 4.92 Å². The third kappa shape index (κ3) is 3.92. The summed E-state index contributed by atoms with van der Waals surface area (Å²) in [5.74, 6) is 1.20. The van der Waals surface area contributed by atoms with E-state index in [9.17, 15) is 10.1 Å². The van der Waals surface area contributed by atoms with Crippen molar-refractivity contribution in [3.05, 3.63) is 27.9 Å². The van der Waals surface area contributed by atoms with Gasteiger partial charge < -0.3 is 5.32 Å².